The van der Waals surface area contributed by atoms with Gasteiger partial charge in [-0.25, -0.2) is 4.39 Å². The predicted molar refractivity (Wildman–Crippen MR) is 83.1 cm³/mol. The van der Waals surface area contributed by atoms with E-state index in [0.717, 1.165) is 25.9 Å². The summed E-state index contributed by atoms with van der Waals surface area (Å²) in [5.41, 5.74) is 6.27. The lowest BCUT2D eigenvalue weighted by molar-refractivity contribution is 0.622. The van der Waals surface area contributed by atoms with Crippen LogP contribution in [0.15, 0.2) is 22.7 Å². The molecule has 0 amide bonds. The number of halogens is 2. The van der Waals surface area contributed by atoms with Gasteiger partial charge in [0.15, 0.2) is 0 Å². The van der Waals surface area contributed by atoms with Crippen LogP contribution in [0.1, 0.15) is 12.8 Å². The second kappa shape index (κ2) is 5.80. The first-order valence-corrected chi connectivity index (χ1v) is 7.40. The van der Waals surface area contributed by atoms with Gasteiger partial charge in [-0.3, -0.25) is 0 Å². The van der Waals surface area contributed by atoms with Crippen LogP contribution in [0.25, 0.3) is 0 Å². The van der Waals surface area contributed by atoms with E-state index in [1.54, 1.807) is 12.1 Å². The molecule has 1 aromatic carbocycles. The number of benzene rings is 1. The fourth-order valence-electron chi connectivity index (χ4n) is 2.20. The van der Waals surface area contributed by atoms with E-state index in [4.69, 9.17) is 5.73 Å². The van der Waals surface area contributed by atoms with E-state index in [9.17, 15) is 4.39 Å². The van der Waals surface area contributed by atoms with E-state index in [-0.39, 0.29) is 11.8 Å². The minimum absolute atomic E-state index is 0.145. The van der Waals surface area contributed by atoms with Crippen molar-refractivity contribution in [3.8, 4) is 0 Å². The summed E-state index contributed by atoms with van der Waals surface area (Å²) < 4.78 is 13.9. The van der Waals surface area contributed by atoms with Gasteiger partial charge in [0, 0.05) is 18.8 Å². The van der Waals surface area contributed by atoms with Crippen molar-refractivity contribution in [3.63, 3.8) is 0 Å². The van der Waals surface area contributed by atoms with E-state index < -0.39 is 0 Å². The first-order chi connectivity index (χ1) is 10.1. The Morgan fingerprint density at radius 3 is 2.67 bits per heavy atom. The average molecular weight is 353 g/mol. The molecule has 2 heterocycles. The molecule has 21 heavy (non-hydrogen) atoms. The molecule has 0 bridgehead atoms. The number of nitrogens with one attached hydrogen (secondary N) is 1. The molecule has 1 saturated heterocycles. The molecular weight excluding hydrogens is 339 g/mol. The van der Waals surface area contributed by atoms with Crippen molar-refractivity contribution in [3.05, 3.63) is 28.5 Å². The largest absolute Gasteiger partial charge is 0.368 e. The summed E-state index contributed by atoms with van der Waals surface area (Å²) in [6.45, 7) is 1.83. The molecule has 1 fully saturated rings. The number of nitrogens with zero attached hydrogens (tertiary/aromatic N) is 4. The zero-order valence-corrected chi connectivity index (χ0v) is 12.8. The van der Waals surface area contributed by atoms with E-state index in [1.165, 1.54) is 6.07 Å². The lowest BCUT2D eigenvalue weighted by Crippen LogP contribution is -2.21. The van der Waals surface area contributed by atoms with Gasteiger partial charge in [0.1, 0.15) is 5.82 Å². The number of anilines is 4. The molecule has 0 aliphatic carbocycles. The smallest absolute Gasteiger partial charge is 0.233 e. The number of aromatic nitrogens is 3. The first kappa shape index (κ1) is 14.0. The van der Waals surface area contributed by atoms with Crippen LogP contribution in [0.5, 0.6) is 0 Å². The molecule has 0 spiro atoms. The van der Waals surface area contributed by atoms with E-state index in [2.05, 4.69) is 41.1 Å². The van der Waals surface area contributed by atoms with Gasteiger partial charge in [-0.15, -0.1) is 0 Å². The monoisotopic (exact) mass is 352 g/mol. The highest BCUT2D eigenvalue weighted by molar-refractivity contribution is 9.10. The maximum atomic E-state index is 13.5. The Labute approximate surface area is 129 Å². The maximum Gasteiger partial charge on any atom is 0.233 e. The van der Waals surface area contributed by atoms with Crippen molar-refractivity contribution >= 4 is 39.5 Å². The van der Waals surface area contributed by atoms with Gasteiger partial charge in [0.25, 0.3) is 0 Å². The maximum absolute atomic E-state index is 13.5. The normalized spacial score (nSPS) is 14.5. The summed E-state index contributed by atoms with van der Waals surface area (Å²) in [7, 11) is 0. The molecule has 8 heteroatoms. The van der Waals surface area contributed by atoms with Gasteiger partial charge in [-0.05, 0) is 47.0 Å². The number of rotatable bonds is 3. The van der Waals surface area contributed by atoms with Gasteiger partial charge in [-0.1, -0.05) is 0 Å². The Balaban J connectivity index is 1.85. The van der Waals surface area contributed by atoms with Crippen LogP contribution in [-0.2, 0) is 0 Å². The summed E-state index contributed by atoms with van der Waals surface area (Å²) in [4.78, 5) is 14.6. The molecule has 0 saturated carbocycles. The Hall–Kier alpha value is -1.96. The van der Waals surface area contributed by atoms with Crippen molar-refractivity contribution in [2.45, 2.75) is 12.8 Å². The summed E-state index contributed by atoms with van der Waals surface area (Å²) in [5.74, 6) is 0.653. The number of nitrogens with two attached hydrogens (primary N) is 1. The van der Waals surface area contributed by atoms with Crippen LogP contribution in [0.4, 0.5) is 27.9 Å². The second-order valence-corrected chi connectivity index (χ2v) is 5.62. The Kier molecular flexibility index (Phi) is 3.87. The molecule has 1 aliphatic heterocycles. The highest BCUT2D eigenvalue weighted by Gasteiger charge is 2.16. The highest BCUT2D eigenvalue weighted by Crippen LogP contribution is 2.23. The van der Waals surface area contributed by atoms with Crippen LogP contribution in [0, 0.1) is 5.82 Å². The Morgan fingerprint density at radius 1 is 1.19 bits per heavy atom. The zero-order chi connectivity index (χ0) is 14.8. The molecule has 0 radical (unpaired) electrons. The lowest BCUT2D eigenvalue weighted by atomic mass is 10.3. The summed E-state index contributed by atoms with van der Waals surface area (Å²) >= 11 is 3.11. The highest BCUT2D eigenvalue weighted by atomic mass is 79.9. The molecule has 6 nitrogen and oxygen atoms in total. The molecule has 1 aromatic heterocycles. The second-order valence-electron chi connectivity index (χ2n) is 4.77. The van der Waals surface area contributed by atoms with Crippen molar-refractivity contribution in [2.75, 3.05) is 29.0 Å². The Morgan fingerprint density at radius 2 is 1.95 bits per heavy atom. The van der Waals surface area contributed by atoms with E-state index >= 15 is 0 Å². The molecular formula is C13H14BrFN6. The van der Waals surface area contributed by atoms with Crippen LogP contribution in [-0.4, -0.2) is 28.0 Å². The van der Waals surface area contributed by atoms with Gasteiger partial charge in [-0.2, -0.15) is 15.0 Å². The zero-order valence-electron chi connectivity index (χ0n) is 11.2. The first-order valence-electron chi connectivity index (χ1n) is 6.60. The summed E-state index contributed by atoms with van der Waals surface area (Å²) in [6, 6.07) is 4.70. The molecule has 0 atom stereocenters. The molecule has 1 aliphatic rings. The predicted octanol–water partition coefficient (Wildman–Crippen LogP) is 2.70. The third-order valence-corrected chi connectivity index (χ3v) is 3.85. The minimum atomic E-state index is -0.359. The van der Waals surface area contributed by atoms with E-state index in [1.807, 2.05) is 0 Å². The van der Waals surface area contributed by atoms with Crippen LogP contribution < -0.4 is 16.0 Å². The van der Waals surface area contributed by atoms with Crippen molar-refractivity contribution in [2.24, 2.45) is 0 Å². The Bertz CT molecular complexity index is 659. The number of nitrogen functional groups attached to an aromatic ring is 1. The molecule has 0 unspecified atom stereocenters. The van der Waals surface area contributed by atoms with Crippen molar-refractivity contribution in [1.82, 2.24) is 15.0 Å². The fraction of sp³-hybridized carbons (Fsp3) is 0.308. The number of hydrogen-bond acceptors (Lipinski definition) is 6. The quantitative estimate of drug-likeness (QED) is 0.883. The molecule has 3 N–H and O–H groups in total. The van der Waals surface area contributed by atoms with Gasteiger partial charge < -0.3 is 16.0 Å². The fourth-order valence-corrected chi connectivity index (χ4v) is 2.44. The third-order valence-electron chi connectivity index (χ3n) is 3.21. The minimum Gasteiger partial charge on any atom is -0.368 e. The molecule has 110 valence electrons. The van der Waals surface area contributed by atoms with Gasteiger partial charge >= 0.3 is 0 Å². The third kappa shape index (κ3) is 3.21. The van der Waals surface area contributed by atoms with E-state index in [0.29, 0.717) is 22.1 Å². The van der Waals surface area contributed by atoms with Crippen LogP contribution in [0.3, 0.4) is 0 Å². The summed E-state index contributed by atoms with van der Waals surface area (Å²) in [6.07, 6.45) is 2.23. The topological polar surface area (TPSA) is 80.0 Å². The molecule has 2 aromatic rings. The van der Waals surface area contributed by atoms with Crippen LogP contribution in [0.2, 0.25) is 0 Å². The van der Waals surface area contributed by atoms with Crippen molar-refractivity contribution < 1.29 is 4.39 Å². The standard InChI is InChI=1S/C13H14BrFN6/c14-9-4-3-8(7-10(9)15)17-12-18-11(16)19-13(20-12)21-5-1-2-6-21/h3-4,7H,1-2,5-6H2,(H3,16,17,18,19,20). The molecule has 3 rings (SSSR count). The van der Waals surface area contributed by atoms with Gasteiger partial charge in [0.05, 0.1) is 4.47 Å². The summed E-state index contributed by atoms with van der Waals surface area (Å²) in [5, 5.41) is 2.95. The van der Waals surface area contributed by atoms with Crippen molar-refractivity contribution in [1.29, 1.82) is 0 Å². The van der Waals surface area contributed by atoms with Gasteiger partial charge in [0.2, 0.25) is 17.8 Å². The number of hydrogen-bond donors (Lipinski definition) is 2. The SMILES string of the molecule is Nc1nc(Nc2ccc(Br)c(F)c2)nc(N2CCCC2)n1. The van der Waals surface area contributed by atoms with Crippen LogP contribution >= 0.6 is 15.9 Å². The average Bonchev–Trinajstić information content (AvgIpc) is 2.96. The lowest BCUT2D eigenvalue weighted by Gasteiger charge is -2.16.